The molecule has 0 unspecified atom stereocenters. The Labute approximate surface area is 66.4 Å². The normalized spacial score (nSPS) is 49.6. The molecule has 0 aromatic heterocycles. The lowest BCUT2D eigenvalue weighted by atomic mass is 9.89. The molecule has 2 rings (SSSR count). The van der Waals surface area contributed by atoms with Crippen molar-refractivity contribution in [2.24, 2.45) is 11.8 Å². The van der Waals surface area contributed by atoms with Gasteiger partial charge in [0, 0.05) is 12.5 Å². The van der Waals surface area contributed by atoms with Crippen LogP contribution in [0.2, 0.25) is 0 Å². The summed E-state index contributed by atoms with van der Waals surface area (Å²) in [4.78, 5) is 0. The molecule has 1 saturated heterocycles. The van der Waals surface area contributed by atoms with Crippen molar-refractivity contribution < 1.29 is 10.2 Å². The topological polar surface area (TPSA) is 52.5 Å². The van der Waals surface area contributed by atoms with E-state index in [4.69, 9.17) is 5.11 Å². The van der Waals surface area contributed by atoms with Gasteiger partial charge in [-0.05, 0) is 25.3 Å². The second-order valence-electron chi connectivity index (χ2n) is 3.83. The van der Waals surface area contributed by atoms with E-state index in [0.717, 1.165) is 25.9 Å². The first-order valence-electron chi connectivity index (χ1n) is 4.30. The molecule has 1 heterocycles. The van der Waals surface area contributed by atoms with Crippen LogP contribution in [0.15, 0.2) is 0 Å². The van der Waals surface area contributed by atoms with E-state index in [-0.39, 0.29) is 6.61 Å². The molecule has 64 valence electrons. The van der Waals surface area contributed by atoms with Gasteiger partial charge >= 0.3 is 0 Å². The zero-order chi connectivity index (χ0) is 7.90. The Balaban J connectivity index is 2.14. The van der Waals surface area contributed by atoms with E-state index in [1.165, 1.54) is 0 Å². The van der Waals surface area contributed by atoms with Crippen LogP contribution in [0, 0.1) is 11.8 Å². The molecule has 0 spiro atoms. The van der Waals surface area contributed by atoms with Crippen LogP contribution in [0.4, 0.5) is 0 Å². The van der Waals surface area contributed by atoms with Crippen molar-refractivity contribution >= 4 is 0 Å². The predicted octanol–water partition coefficient (Wildman–Crippen LogP) is -0.661. The molecular weight excluding hydrogens is 142 g/mol. The highest BCUT2D eigenvalue weighted by molar-refractivity contribution is 5.01. The van der Waals surface area contributed by atoms with Gasteiger partial charge in [0.25, 0.3) is 0 Å². The summed E-state index contributed by atoms with van der Waals surface area (Å²) < 4.78 is 0. The monoisotopic (exact) mass is 157 g/mol. The Morgan fingerprint density at radius 1 is 1.45 bits per heavy atom. The lowest BCUT2D eigenvalue weighted by molar-refractivity contribution is -0.0438. The standard InChI is InChI=1S/C8H15NO2/c10-5-8(11)2-1-6-3-9-4-7(6)8/h6-7,9-11H,1-5H2/t6-,7+,8+/m0/s1. The van der Waals surface area contributed by atoms with Gasteiger partial charge in [-0.2, -0.15) is 0 Å². The van der Waals surface area contributed by atoms with Crippen LogP contribution in [0.5, 0.6) is 0 Å². The molecule has 0 radical (unpaired) electrons. The minimum atomic E-state index is -0.770. The smallest absolute Gasteiger partial charge is 0.0920 e. The summed E-state index contributed by atoms with van der Waals surface area (Å²) in [5.41, 5.74) is -0.770. The van der Waals surface area contributed by atoms with Crippen LogP contribution >= 0.6 is 0 Å². The van der Waals surface area contributed by atoms with E-state index in [2.05, 4.69) is 5.32 Å². The van der Waals surface area contributed by atoms with Crippen molar-refractivity contribution in [3.8, 4) is 0 Å². The largest absolute Gasteiger partial charge is 0.393 e. The molecule has 11 heavy (non-hydrogen) atoms. The number of aliphatic hydroxyl groups is 2. The zero-order valence-electron chi connectivity index (χ0n) is 6.58. The molecule has 3 heteroatoms. The Morgan fingerprint density at radius 3 is 3.00 bits per heavy atom. The van der Waals surface area contributed by atoms with E-state index in [9.17, 15) is 5.11 Å². The molecule has 2 aliphatic rings. The minimum absolute atomic E-state index is 0.0736. The molecule has 0 aromatic carbocycles. The van der Waals surface area contributed by atoms with Crippen LogP contribution in [0.3, 0.4) is 0 Å². The molecule has 0 amide bonds. The highest BCUT2D eigenvalue weighted by Gasteiger charge is 2.48. The average molecular weight is 157 g/mol. The summed E-state index contributed by atoms with van der Waals surface area (Å²) in [5.74, 6) is 0.902. The highest BCUT2D eigenvalue weighted by Crippen LogP contribution is 2.41. The molecule has 1 aliphatic carbocycles. The van der Waals surface area contributed by atoms with Crippen molar-refractivity contribution in [2.75, 3.05) is 19.7 Å². The highest BCUT2D eigenvalue weighted by atomic mass is 16.3. The van der Waals surface area contributed by atoms with Crippen LogP contribution in [-0.4, -0.2) is 35.5 Å². The molecule has 2 fully saturated rings. The molecule has 1 aliphatic heterocycles. The van der Waals surface area contributed by atoms with Gasteiger partial charge < -0.3 is 15.5 Å². The van der Waals surface area contributed by atoms with Gasteiger partial charge in [-0.15, -0.1) is 0 Å². The van der Waals surface area contributed by atoms with Crippen molar-refractivity contribution in [2.45, 2.75) is 18.4 Å². The maximum atomic E-state index is 9.88. The Hall–Kier alpha value is -0.120. The summed E-state index contributed by atoms with van der Waals surface area (Å²) in [7, 11) is 0. The maximum absolute atomic E-state index is 9.88. The van der Waals surface area contributed by atoms with E-state index < -0.39 is 5.60 Å². The third kappa shape index (κ3) is 0.991. The van der Waals surface area contributed by atoms with Crippen molar-refractivity contribution in [1.82, 2.24) is 5.32 Å². The second-order valence-corrected chi connectivity index (χ2v) is 3.83. The molecular formula is C8H15NO2. The molecule has 0 bridgehead atoms. The number of nitrogens with one attached hydrogen (secondary N) is 1. The first-order valence-corrected chi connectivity index (χ1v) is 4.30. The molecule has 3 N–H and O–H groups in total. The second kappa shape index (κ2) is 2.44. The van der Waals surface area contributed by atoms with E-state index in [1.54, 1.807) is 0 Å². The van der Waals surface area contributed by atoms with Gasteiger partial charge in [-0.1, -0.05) is 0 Å². The van der Waals surface area contributed by atoms with Crippen molar-refractivity contribution in [1.29, 1.82) is 0 Å². The van der Waals surface area contributed by atoms with E-state index in [0.29, 0.717) is 11.8 Å². The fourth-order valence-electron chi connectivity index (χ4n) is 2.48. The Bertz CT molecular complexity index is 162. The van der Waals surface area contributed by atoms with Gasteiger partial charge in [0.15, 0.2) is 0 Å². The maximum Gasteiger partial charge on any atom is 0.0920 e. The quantitative estimate of drug-likeness (QED) is 0.473. The third-order valence-electron chi connectivity index (χ3n) is 3.25. The van der Waals surface area contributed by atoms with Crippen molar-refractivity contribution in [3.05, 3.63) is 0 Å². The summed E-state index contributed by atoms with van der Waals surface area (Å²) >= 11 is 0. The number of fused-ring (bicyclic) bond motifs is 1. The van der Waals surface area contributed by atoms with Crippen molar-refractivity contribution in [3.63, 3.8) is 0 Å². The summed E-state index contributed by atoms with van der Waals surface area (Å²) in [5, 5.41) is 22.1. The number of rotatable bonds is 1. The van der Waals surface area contributed by atoms with Crippen LogP contribution < -0.4 is 5.32 Å². The van der Waals surface area contributed by atoms with Gasteiger partial charge in [0.1, 0.15) is 0 Å². The fourth-order valence-corrected chi connectivity index (χ4v) is 2.48. The van der Waals surface area contributed by atoms with Gasteiger partial charge in [0.05, 0.1) is 12.2 Å². The molecule has 3 atom stereocenters. The number of hydrogen-bond acceptors (Lipinski definition) is 3. The van der Waals surface area contributed by atoms with E-state index in [1.807, 2.05) is 0 Å². The minimum Gasteiger partial charge on any atom is -0.393 e. The molecule has 0 aromatic rings. The van der Waals surface area contributed by atoms with Gasteiger partial charge in [-0.3, -0.25) is 0 Å². The lowest BCUT2D eigenvalue weighted by Crippen LogP contribution is -2.40. The molecule has 1 saturated carbocycles. The molecule has 3 nitrogen and oxygen atoms in total. The first-order chi connectivity index (χ1) is 5.26. The average Bonchev–Trinajstić information content (AvgIpc) is 2.55. The lowest BCUT2D eigenvalue weighted by Gasteiger charge is -2.26. The third-order valence-corrected chi connectivity index (χ3v) is 3.25. The SMILES string of the molecule is OC[C@]1(O)CC[C@H]2CNC[C@H]21. The number of hydrogen-bond donors (Lipinski definition) is 3. The summed E-state index contributed by atoms with van der Waals surface area (Å²) in [6.07, 6.45) is 1.84. The summed E-state index contributed by atoms with van der Waals surface area (Å²) in [6.45, 7) is 1.82. The van der Waals surface area contributed by atoms with Crippen LogP contribution in [0.25, 0.3) is 0 Å². The fraction of sp³-hybridized carbons (Fsp3) is 1.00. The summed E-state index contributed by atoms with van der Waals surface area (Å²) in [6, 6.07) is 0. The Kier molecular flexibility index (Phi) is 1.67. The van der Waals surface area contributed by atoms with Crippen LogP contribution in [0.1, 0.15) is 12.8 Å². The number of aliphatic hydroxyl groups excluding tert-OH is 1. The van der Waals surface area contributed by atoms with E-state index >= 15 is 0 Å². The predicted molar refractivity (Wildman–Crippen MR) is 41.1 cm³/mol. The van der Waals surface area contributed by atoms with Crippen LogP contribution in [-0.2, 0) is 0 Å². The zero-order valence-corrected chi connectivity index (χ0v) is 6.58. The first kappa shape index (κ1) is 7.53. The van der Waals surface area contributed by atoms with Gasteiger partial charge in [-0.25, -0.2) is 0 Å². The van der Waals surface area contributed by atoms with Gasteiger partial charge in [0.2, 0.25) is 0 Å². The Morgan fingerprint density at radius 2 is 2.27 bits per heavy atom.